The maximum atomic E-state index is 11.0. The molecule has 18 heavy (non-hydrogen) atoms. The highest BCUT2D eigenvalue weighted by molar-refractivity contribution is 7.20. The molecule has 0 aliphatic heterocycles. The minimum Gasteiger partial charge on any atom is -0.477 e. The smallest absolute Gasteiger partial charge is 0.345 e. The van der Waals surface area contributed by atoms with E-state index in [0.717, 1.165) is 22.5 Å². The largest absolute Gasteiger partial charge is 0.477 e. The van der Waals surface area contributed by atoms with Crippen LogP contribution in [0.15, 0.2) is 6.07 Å². The molecule has 0 atom stereocenters. The van der Waals surface area contributed by atoms with Gasteiger partial charge < -0.3 is 9.84 Å². The predicted octanol–water partition coefficient (Wildman–Crippen LogP) is 2.60. The third-order valence-electron chi connectivity index (χ3n) is 2.53. The van der Waals surface area contributed by atoms with Crippen LogP contribution < -0.4 is 0 Å². The number of carbonyl (C=O) groups is 1. The normalized spacial score (nSPS) is 11.6. The molecule has 6 heteroatoms. The van der Waals surface area contributed by atoms with Gasteiger partial charge in [0.15, 0.2) is 0 Å². The first-order chi connectivity index (χ1) is 8.52. The van der Waals surface area contributed by atoms with Crippen molar-refractivity contribution in [3.05, 3.63) is 16.6 Å². The van der Waals surface area contributed by atoms with Gasteiger partial charge in [-0.3, -0.25) is 4.68 Å². The number of ether oxygens (including phenoxy) is 1. The Hall–Kier alpha value is -1.40. The number of aromatic nitrogens is 2. The van der Waals surface area contributed by atoms with Crippen LogP contribution in [-0.2, 0) is 17.9 Å². The molecule has 2 aromatic heterocycles. The molecule has 0 radical (unpaired) electrons. The second-order valence-corrected chi connectivity index (χ2v) is 5.62. The molecule has 0 aliphatic rings. The fourth-order valence-electron chi connectivity index (χ4n) is 1.84. The van der Waals surface area contributed by atoms with Crippen molar-refractivity contribution in [3.63, 3.8) is 0 Å². The van der Waals surface area contributed by atoms with Crippen molar-refractivity contribution in [3.8, 4) is 0 Å². The van der Waals surface area contributed by atoms with E-state index in [1.165, 1.54) is 11.3 Å². The van der Waals surface area contributed by atoms with Gasteiger partial charge in [0, 0.05) is 19.0 Å². The summed E-state index contributed by atoms with van der Waals surface area (Å²) in [6.07, 6.45) is 0. The number of aromatic carboxylic acids is 1. The quantitative estimate of drug-likeness (QED) is 0.905. The number of rotatable bonds is 5. The first-order valence-electron chi connectivity index (χ1n) is 5.74. The third-order valence-corrected chi connectivity index (χ3v) is 3.67. The number of carboxylic acid groups (broad SMARTS) is 1. The molecule has 1 N–H and O–H groups in total. The van der Waals surface area contributed by atoms with Crippen LogP contribution in [0.3, 0.4) is 0 Å². The van der Waals surface area contributed by atoms with Crippen molar-refractivity contribution in [1.82, 2.24) is 9.78 Å². The number of nitrogens with zero attached hydrogens (tertiary/aromatic N) is 2. The van der Waals surface area contributed by atoms with Crippen molar-refractivity contribution in [2.24, 2.45) is 5.92 Å². The van der Waals surface area contributed by atoms with Crippen molar-refractivity contribution in [2.45, 2.75) is 27.0 Å². The Morgan fingerprint density at radius 3 is 2.89 bits per heavy atom. The van der Waals surface area contributed by atoms with Gasteiger partial charge in [-0.05, 0) is 12.0 Å². The molecule has 5 nitrogen and oxygen atoms in total. The summed E-state index contributed by atoms with van der Waals surface area (Å²) in [5.41, 5.74) is 0.803. The molecule has 0 unspecified atom stereocenters. The zero-order chi connectivity index (χ0) is 13.3. The highest BCUT2D eigenvalue weighted by atomic mass is 32.1. The number of hydrogen-bond donors (Lipinski definition) is 1. The lowest BCUT2D eigenvalue weighted by molar-refractivity contribution is 0.0702. The summed E-state index contributed by atoms with van der Waals surface area (Å²) in [4.78, 5) is 12.3. The van der Waals surface area contributed by atoms with Gasteiger partial charge in [-0.1, -0.05) is 13.8 Å². The van der Waals surface area contributed by atoms with Crippen molar-refractivity contribution >= 4 is 27.5 Å². The van der Waals surface area contributed by atoms with Gasteiger partial charge >= 0.3 is 5.97 Å². The summed E-state index contributed by atoms with van der Waals surface area (Å²) in [6, 6.07) is 1.68. The Kier molecular flexibility index (Phi) is 3.68. The number of thiophene rings is 1. The van der Waals surface area contributed by atoms with E-state index < -0.39 is 5.97 Å². The van der Waals surface area contributed by atoms with Crippen LogP contribution in [0.5, 0.6) is 0 Å². The van der Waals surface area contributed by atoms with Gasteiger partial charge in [-0.2, -0.15) is 5.10 Å². The predicted molar refractivity (Wildman–Crippen MR) is 70.1 cm³/mol. The zero-order valence-corrected chi connectivity index (χ0v) is 11.5. The van der Waals surface area contributed by atoms with Crippen LogP contribution in [0.25, 0.3) is 10.2 Å². The average Bonchev–Trinajstić information content (AvgIpc) is 2.81. The second-order valence-electron chi connectivity index (χ2n) is 4.59. The topological polar surface area (TPSA) is 64.4 Å². The molecule has 0 saturated heterocycles. The molecule has 0 aromatic carbocycles. The van der Waals surface area contributed by atoms with Crippen LogP contribution in [0.2, 0.25) is 0 Å². The van der Waals surface area contributed by atoms with Crippen LogP contribution in [0, 0.1) is 5.92 Å². The lowest BCUT2D eigenvalue weighted by atomic mass is 10.2. The van der Waals surface area contributed by atoms with E-state index in [4.69, 9.17) is 9.84 Å². The molecule has 0 bridgehead atoms. The van der Waals surface area contributed by atoms with Gasteiger partial charge in [0.05, 0.1) is 12.3 Å². The first-order valence-corrected chi connectivity index (χ1v) is 6.56. The van der Waals surface area contributed by atoms with Crippen molar-refractivity contribution < 1.29 is 14.6 Å². The van der Waals surface area contributed by atoms with Gasteiger partial charge in [0.1, 0.15) is 9.71 Å². The highest BCUT2D eigenvalue weighted by Crippen LogP contribution is 2.29. The van der Waals surface area contributed by atoms with E-state index in [9.17, 15) is 4.79 Å². The van der Waals surface area contributed by atoms with E-state index >= 15 is 0 Å². The molecule has 0 spiro atoms. The summed E-state index contributed by atoms with van der Waals surface area (Å²) in [5, 5.41) is 14.4. The SMILES string of the molecule is COCc1nn(CC(C)C)c2sc(C(=O)O)cc12. The van der Waals surface area contributed by atoms with Crippen LogP contribution in [-0.4, -0.2) is 28.0 Å². The molecule has 2 heterocycles. The first kappa shape index (κ1) is 13.0. The summed E-state index contributed by atoms with van der Waals surface area (Å²) in [7, 11) is 1.61. The Morgan fingerprint density at radius 1 is 1.61 bits per heavy atom. The van der Waals surface area contributed by atoms with Crippen LogP contribution in [0.1, 0.15) is 29.2 Å². The fourth-order valence-corrected chi connectivity index (χ4v) is 2.82. The maximum absolute atomic E-state index is 11.0. The monoisotopic (exact) mass is 268 g/mol. The lowest BCUT2D eigenvalue weighted by Crippen LogP contribution is -2.06. The van der Waals surface area contributed by atoms with Gasteiger partial charge in [0.2, 0.25) is 0 Å². The molecule has 0 aliphatic carbocycles. The standard InChI is InChI=1S/C12H16N2O3S/c1-7(2)5-14-11-8(9(13-14)6-17-3)4-10(18-11)12(15)16/h4,7H,5-6H2,1-3H3,(H,15,16). The van der Waals surface area contributed by atoms with Gasteiger partial charge in [0.25, 0.3) is 0 Å². The summed E-state index contributed by atoms with van der Waals surface area (Å²) >= 11 is 1.27. The molecule has 0 fully saturated rings. The van der Waals surface area contributed by atoms with Crippen LogP contribution in [0.4, 0.5) is 0 Å². The Balaban J connectivity index is 2.52. The van der Waals surface area contributed by atoms with Gasteiger partial charge in [-0.25, -0.2) is 4.79 Å². The zero-order valence-electron chi connectivity index (χ0n) is 10.6. The number of carboxylic acids is 1. The minimum absolute atomic E-state index is 0.345. The number of hydrogen-bond acceptors (Lipinski definition) is 4. The minimum atomic E-state index is -0.893. The number of methoxy groups -OCH3 is 1. The van der Waals surface area contributed by atoms with E-state index in [2.05, 4.69) is 18.9 Å². The Bertz CT molecular complexity index is 571. The van der Waals surface area contributed by atoms with Crippen molar-refractivity contribution in [1.29, 1.82) is 0 Å². The number of fused-ring (bicyclic) bond motifs is 1. The Labute approximate surface area is 109 Å². The van der Waals surface area contributed by atoms with E-state index in [1.54, 1.807) is 13.2 Å². The fraction of sp³-hybridized carbons (Fsp3) is 0.500. The highest BCUT2D eigenvalue weighted by Gasteiger charge is 2.17. The molecule has 0 saturated carbocycles. The molecule has 2 rings (SSSR count). The van der Waals surface area contributed by atoms with Crippen molar-refractivity contribution in [2.75, 3.05) is 7.11 Å². The van der Waals surface area contributed by atoms with Crippen LogP contribution >= 0.6 is 11.3 Å². The average molecular weight is 268 g/mol. The van der Waals surface area contributed by atoms with E-state index in [0.29, 0.717) is 17.4 Å². The molecular formula is C12H16N2O3S. The van der Waals surface area contributed by atoms with E-state index in [-0.39, 0.29) is 0 Å². The molecule has 2 aromatic rings. The summed E-state index contributed by atoms with van der Waals surface area (Å²) in [6.45, 7) is 5.39. The van der Waals surface area contributed by atoms with E-state index in [1.807, 2.05) is 4.68 Å². The molecule has 0 amide bonds. The summed E-state index contributed by atoms with van der Waals surface area (Å²) in [5.74, 6) is -0.436. The second kappa shape index (κ2) is 5.07. The Morgan fingerprint density at radius 2 is 2.33 bits per heavy atom. The summed E-state index contributed by atoms with van der Waals surface area (Å²) < 4.78 is 6.99. The molecular weight excluding hydrogens is 252 g/mol. The van der Waals surface area contributed by atoms with Gasteiger partial charge in [-0.15, -0.1) is 11.3 Å². The lowest BCUT2D eigenvalue weighted by Gasteiger charge is -2.04. The third kappa shape index (κ3) is 2.39. The molecule has 98 valence electrons. The maximum Gasteiger partial charge on any atom is 0.345 e.